The van der Waals surface area contributed by atoms with Gasteiger partial charge >= 0.3 is 0 Å². The Labute approximate surface area is 122 Å². The van der Waals surface area contributed by atoms with Gasteiger partial charge in [0.2, 0.25) is 0 Å². The van der Waals surface area contributed by atoms with Crippen molar-refractivity contribution in [2.75, 3.05) is 0 Å². The fraction of sp³-hybridized carbons (Fsp3) is 0.300. The lowest BCUT2D eigenvalue weighted by atomic mass is 9.90. The SMILES string of the molecule is Cc1ccccc1-c1c(C)ccc2c1C=C(C(C)C)C2. The Hall–Kier alpha value is -1.82. The van der Waals surface area contributed by atoms with Crippen LogP contribution in [0.15, 0.2) is 42.0 Å². The second-order valence-electron chi connectivity index (χ2n) is 6.20. The molecule has 0 fully saturated rings. The lowest BCUT2D eigenvalue weighted by molar-refractivity contribution is 0.754. The van der Waals surface area contributed by atoms with Crippen LogP contribution in [0.1, 0.15) is 36.1 Å². The van der Waals surface area contributed by atoms with Gasteiger partial charge in [-0.25, -0.2) is 0 Å². The van der Waals surface area contributed by atoms with Gasteiger partial charge in [0.05, 0.1) is 0 Å². The van der Waals surface area contributed by atoms with Crippen LogP contribution in [-0.4, -0.2) is 0 Å². The van der Waals surface area contributed by atoms with Crippen molar-refractivity contribution in [3.63, 3.8) is 0 Å². The van der Waals surface area contributed by atoms with Crippen LogP contribution in [0.4, 0.5) is 0 Å². The van der Waals surface area contributed by atoms with E-state index in [0.29, 0.717) is 5.92 Å². The van der Waals surface area contributed by atoms with Crippen LogP contribution in [0.3, 0.4) is 0 Å². The van der Waals surface area contributed by atoms with Crippen LogP contribution >= 0.6 is 0 Å². The van der Waals surface area contributed by atoms with E-state index < -0.39 is 0 Å². The molecule has 3 rings (SSSR count). The number of allylic oxidation sites excluding steroid dienone is 1. The van der Waals surface area contributed by atoms with Crippen LogP contribution in [0.5, 0.6) is 0 Å². The van der Waals surface area contributed by atoms with Crippen molar-refractivity contribution < 1.29 is 0 Å². The Morgan fingerprint density at radius 2 is 1.65 bits per heavy atom. The highest BCUT2D eigenvalue weighted by Gasteiger charge is 2.20. The average Bonchev–Trinajstić information content (AvgIpc) is 2.84. The normalized spacial score (nSPS) is 13.6. The summed E-state index contributed by atoms with van der Waals surface area (Å²) in [6.45, 7) is 9.01. The molecule has 0 heterocycles. The topological polar surface area (TPSA) is 0 Å². The zero-order valence-corrected chi connectivity index (χ0v) is 12.8. The summed E-state index contributed by atoms with van der Waals surface area (Å²) in [4.78, 5) is 0. The first-order valence-electron chi connectivity index (χ1n) is 7.47. The summed E-state index contributed by atoms with van der Waals surface area (Å²) < 4.78 is 0. The highest BCUT2D eigenvalue weighted by molar-refractivity contribution is 5.84. The number of rotatable bonds is 2. The fourth-order valence-electron chi connectivity index (χ4n) is 3.13. The Morgan fingerprint density at radius 1 is 0.900 bits per heavy atom. The summed E-state index contributed by atoms with van der Waals surface area (Å²) in [6.07, 6.45) is 3.54. The Balaban J connectivity index is 2.23. The molecule has 0 amide bonds. The van der Waals surface area contributed by atoms with Gasteiger partial charge < -0.3 is 0 Å². The van der Waals surface area contributed by atoms with Crippen LogP contribution in [0, 0.1) is 19.8 Å². The van der Waals surface area contributed by atoms with Gasteiger partial charge in [0, 0.05) is 0 Å². The molecule has 0 saturated carbocycles. The van der Waals surface area contributed by atoms with Crippen molar-refractivity contribution in [3.05, 3.63) is 64.2 Å². The number of benzene rings is 2. The molecule has 0 heteroatoms. The summed E-state index contributed by atoms with van der Waals surface area (Å²) in [5.41, 5.74) is 10.0. The van der Waals surface area contributed by atoms with Crippen molar-refractivity contribution in [2.24, 2.45) is 5.92 Å². The average molecular weight is 262 g/mol. The molecule has 1 aliphatic rings. The summed E-state index contributed by atoms with van der Waals surface area (Å²) in [5, 5.41) is 0. The molecule has 0 bridgehead atoms. The number of hydrogen-bond acceptors (Lipinski definition) is 0. The molecule has 102 valence electrons. The molecule has 0 unspecified atom stereocenters. The first-order valence-corrected chi connectivity index (χ1v) is 7.47. The van der Waals surface area contributed by atoms with Crippen LogP contribution in [0.25, 0.3) is 17.2 Å². The molecule has 0 N–H and O–H groups in total. The van der Waals surface area contributed by atoms with E-state index in [1.165, 1.54) is 33.4 Å². The van der Waals surface area contributed by atoms with Gasteiger partial charge in [0.15, 0.2) is 0 Å². The zero-order chi connectivity index (χ0) is 14.3. The van der Waals surface area contributed by atoms with Gasteiger partial charge in [0.1, 0.15) is 0 Å². The van der Waals surface area contributed by atoms with Gasteiger partial charge in [-0.1, -0.05) is 61.9 Å². The number of hydrogen-bond donors (Lipinski definition) is 0. The van der Waals surface area contributed by atoms with Crippen LogP contribution in [0.2, 0.25) is 0 Å². The Morgan fingerprint density at radius 3 is 2.35 bits per heavy atom. The van der Waals surface area contributed by atoms with E-state index in [0.717, 1.165) is 6.42 Å². The highest BCUT2D eigenvalue weighted by Crippen LogP contribution is 2.39. The molecule has 0 nitrogen and oxygen atoms in total. The van der Waals surface area contributed by atoms with Gasteiger partial charge in [-0.05, 0) is 59.6 Å². The number of fused-ring (bicyclic) bond motifs is 1. The molecule has 2 aromatic rings. The summed E-state index contributed by atoms with van der Waals surface area (Å²) >= 11 is 0. The highest BCUT2D eigenvalue weighted by atomic mass is 14.2. The molecule has 0 radical (unpaired) electrons. The molecule has 1 aliphatic carbocycles. The molecule has 0 spiro atoms. The predicted octanol–water partition coefficient (Wildman–Crippen LogP) is 5.57. The fourth-order valence-corrected chi connectivity index (χ4v) is 3.13. The Bertz CT molecular complexity index is 687. The molecule has 0 aliphatic heterocycles. The minimum absolute atomic E-state index is 0.632. The maximum atomic E-state index is 2.43. The largest absolute Gasteiger partial charge is 0.0626 e. The number of aryl methyl sites for hydroxylation is 2. The van der Waals surface area contributed by atoms with Gasteiger partial charge in [-0.15, -0.1) is 0 Å². The van der Waals surface area contributed by atoms with Gasteiger partial charge in [0.25, 0.3) is 0 Å². The molecular weight excluding hydrogens is 240 g/mol. The quantitative estimate of drug-likeness (QED) is 0.664. The molecule has 0 aromatic heterocycles. The predicted molar refractivity (Wildman–Crippen MR) is 87.9 cm³/mol. The summed E-state index contributed by atoms with van der Waals surface area (Å²) in [5.74, 6) is 0.632. The van der Waals surface area contributed by atoms with Gasteiger partial charge in [-0.2, -0.15) is 0 Å². The second-order valence-corrected chi connectivity index (χ2v) is 6.20. The summed E-state index contributed by atoms with van der Waals surface area (Å²) in [7, 11) is 0. The smallest absolute Gasteiger partial charge is 0.00550 e. The van der Waals surface area contributed by atoms with Crippen LogP contribution < -0.4 is 0 Å². The molecule has 20 heavy (non-hydrogen) atoms. The van der Waals surface area contributed by atoms with E-state index in [2.05, 4.69) is 70.2 Å². The maximum absolute atomic E-state index is 2.43. The minimum atomic E-state index is 0.632. The van der Waals surface area contributed by atoms with Crippen molar-refractivity contribution in [1.82, 2.24) is 0 Å². The second kappa shape index (κ2) is 4.94. The first-order chi connectivity index (χ1) is 9.58. The summed E-state index contributed by atoms with van der Waals surface area (Å²) in [6, 6.07) is 13.3. The third kappa shape index (κ3) is 2.10. The molecule has 0 atom stereocenters. The zero-order valence-electron chi connectivity index (χ0n) is 12.8. The van der Waals surface area contributed by atoms with E-state index in [1.807, 2.05) is 0 Å². The minimum Gasteiger partial charge on any atom is -0.0626 e. The maximum Gasteiger partial charge on any atom is -0.00550 e. The van der Waals surface area contributed by atoms with E-state index >= 15 is 0 Å². The van der Waals surface area contributed by atoms with E-state index in [9.17, 15) is 0 Å². The van der Waals surface area contributed by atoms with Crippen molar-refractivity contribution >= 4 is 6.08 Å². The van der Waals surface area contributed by atoms with E-state index in [4.69, 9.17) is 0 Å². The van der Waals surface area contributed by atoms with Gasteiger partial charge in [-0.3, -0.25) is 0 Å². The van der Waals surface area contributed by atoms with Crippen molar-refractivity contribution in [1.29, 1.82) is 0 Å². The van der Waals surface area contributed by atoms with E-state index in [1.54, 1.807) is 5.57 Å². The lowest BCUT2D eigenvalue weighted by Crippen LogP contribution is -1.94. The Kier molecular flexibility index (Phi) is 3.25. The lowest BCUT2D eigenvalue weighted by Gasteiger charge is -2.14. The standard InChI is InChI=1S/C20H22/c1-13(2)17-11-16-10-9-15(4)20(19(16)12-17)18-8-6-5-7-14(18)3/h5-10,12-13H,11H2,1-4H3. The first kappa shape index (κ1) is 13.2. The molecule has 2 aromatic carbocycles. The third-order valence-electron chi connectivity index (χ3n) is 4.42. The van der Waals surface area contributed by atoms with Crippen molar-refractivity contribution in [3.8, 4) is 11.1 Å². The molecular formula is C20H22. The molecule has 0 saturated heterocycles. The monoisotopic (exact) mass is 262 g/mol. The van der Waals surface area contributed by atoms with Crippen LogP contribution in [-0.2, 0) is 6.42 Å². The van der Waals surface area contributed by atoms with Crippen molar-refractivity contribution in [2.45, 2.75) is 34.1 Å². The van der Waals surface area contributed by atoms with E-state index in [-0.39, 0.29) is 0 Å². The third-order valence-corrected chi connectivity index (χ3v) is 4.42.